The second-order valence-electron chi connectivity index (χ2n) is 7.66. The van der Waals surface area contributed by atoms with E-state index in [-0.39, 0.29) is 17.9 Å². The first kappa shape index (κ1) is 19.2. The number of aromatic nitrogens is 4. The van der Waals surface area contributed by atoms with E-state index in [1.54, 1.807) is 18.2 Å². The first-order chi connectivity index (χ1) is 15.2. The van der Waals surface area contributed by atoms with Crippen molar-refractivity contribution in [3.63, 3.8) is 0 Å². The summed E-state index contributed by atoms with van der Waals surface area (Å²) >= 11 is 0. The van der Waals surface area contributed by atoms with Crippen molar-refractivity contribution >= 4 is 39.5 Å². The van der Waals surface area contributed by atoms with Gasteiger partial charge in [-0.3, -0.25) is 9.59 Å². The number of aromatic amines is 1. The summed E-state index contributed by atoms with van der Waals surface area (Å²) < 4.78 is 0. The molecule has 0 atom stereocenters. The zero-order valence-electron chi connectivity index (χ0n) is 17.0. The summed E-state index contributed by atoms with van der Waals surface area (Å²) in [6.07, 6.45) is 2.70. The lowest BCUT2D eigenvalue weighted by molar-refractivity contribution is -0.116. The fourth-order valence-corrected chi connectivity index (χ4v) is 3.90. The number of para-hydroxylation sites is 3. The maximum atomic E-state index is 12.7. The maximum absolute atomic E-state index is 12.7. The van der Waals surface area contributed by atoms with E-state index in [9.17, 15) is 9.59 Å². The molecule has 8 nitrogen and oxygen atoms in total. The van der Waals surface area contributed by atoms with Crippen LogP contribution >= 0.6 is 0 Å². The van der Waals surface area contributed by atoms with E-state index in [1.807, 2.05) is 30.3 Å². The highest BCUT2D eigenvalue weighted by atomic mass is 16.1. The molecule has 2 aromatic carbocycles. The highest BCUT2D eigenvalue weighted by molar-refractivity contribution is 5.94. The Kier molecular flexibility index (Phi) is 5.03. The lowest BCUT2D eigenvalue weighted by Gasteiger charge is -2.20. The molecule has 0 radical (unpaired) electrons. The number of amides is 1. The molecule has 0 spiro atoms. The molecule has 1 saturated heterocycles. The Morgan fingerprint density at radius 3 is 2.39 bits per heavy atom. The molecule has 1 aliphatic rings. The van der Waals surface area contributed by atoms with Gasteiger partial charge >= 0.3 is 0 Å². The van der Waals surface area contributed by atoms with Gasteiger partial charge in [0.05, 0.1) is 21.9 Å². The monoisotopic (exact) mass is 414 g/mol. The number of hydrogen-bond acceptors (Lipinski definition) is 6. The Morgan fingerprint density at radius 1 is 0.935 bits per heavy atom. The van der Waals surface area contributed by atoms with Gasteiger partial charge in [0.25, 0.3) is 5.56 Å². The van der Waals surface area contributed by atoms with Crippen LogP contribution in [0.5, 0.6) is 0 Å². The molecule has 4 aromatic rings. The van der Waals surface area contributed by atoms with Gasteiger partial charge in [-0.1, -0.05) is 24.3 Å². The van der Waals surface area contributed by atoms with Gasteiger partial charge in [-0.15, -0.1) is 0 Å². The number of H-pyrrole nitrogens is 1. The van der Waals surface area contributed by atoms with Crippen LogP contribution in [0.25, 0.3) is 21.9 Å². The second kappa shape index (κ2) is 8.14. The van der Waals surface area contributed by atoms with Gasteiger partial charge in [0.15, 0.2) is 11.6 Å². The summed E-state index contributed by atoms with van der Waals surface area (Å²) in [5.74, 6) is 1.48. The largest absolute Gasteiger partial charge is 0.354 e. The lowest BCUT2D eigenvalue weighted by atomic mass is 10.2. The Bertz CT molecular complexity index is 1330. The highest BCUT2D eigenvalue weighted by Gasteiger charge is 2.20. The zero-order valence-corrected chi connectivity index (χ0v) is 17.0. The van der Waals surface area contributed by atoms with E-state index in [0.717, 1.165) is 37.0 Å². The van der Waals surface area contributed by atoms with Crippen molar-refractivity contribution in [1.29, 1.82) is 0 Å². The van der Waals surface area contributed by atoms with E-state index < -0.39 is 0 Å². The Labute approximate surface area is 178 Å². The molecule has 8 heteroatoms. The van der Waals surface area contributed by atoms with Crippen molar-refractivity contribution in [3.8, 4) is 0 Å². The SMILES string of the molecule is O=C(CCc1nc2ccccc2c(=O)[nH]1)Nc1nc2ccccc2nc1N1CCCC1. The summed E-state index contributed by atoms with van der Waals surface area (Å²) in [5.41, 5.74) is 1.97. The third kappa shape index (κ3) is 3.96. The van der Waals surface area contributed by atoms with Gasteiger partial charge in [-0.2, -0.15) is 0 Å². The van der Waals surface area contributed by atoms with Crippen LogP contribution in [-0.2, 0) is 11.2 Å². The molecule has 2 N–H and O–H groups in total. The number of nitrogens with one attached hydrogen (secondary N) is 2. The molecule has 3 heterocycles. The Balaban J connectivity index is 1.36. The van der Waals surface area contributed by atoms with Gasteiger partial charge < -0.3 is 15.2 Å². The minimum atomic E-state index is -0.197. The van der Waals surface area contributed by atoms with Crippen molar-refractivity contribution in [2.24, 2.45) is 0 Å². The number of benzene rings is 2. The van der Waals surface area contributed by atoms with Crippen molar-refractivity contribution in [2.45, 2.75) is 25.7 Å². The van der Waals surface area contributed by atoms with Crippen LogP contribution in [0.2, 0.25) is 0 Å². The van der Waals surface area contributed by atoms with Gasteiger partial charge in [0.1, 0.15) is 5.82 Å². The van der Waals surface area contributed by atoms with Gasteiger partial charge in [0.2, 0.25) is 5.91 Å². The van der Waals surface area contributed by atoms with E-state index in [4.69, 9.17) is 4.98 Å². The second-order valence-corrected chi connectivity index (χ2v) is 7.66. The minimum Gasteiger partial charge on any atom is -0.354 e. The minimum absolute atomic E-state index is 0.176. The highest BCUT2D eigenvalue weighted by Crippen LogP contribution is 2.28. The smallest absolute Gasteiger partial charge is 0.258 e. The average molecular weight is 414 g/mol. The van der Waals surface area contributed by atoms with Gasteiger partial charge in [-0.25, -0.2) is 15.0 Å². The number of nitrogens with zero attached hydrogens (tertiary/aromatic N) is 4. The summed E-state index contributed by atoms with van der Waals surface area (Å²) in [4.78, 5) is 43.8. The third-order valence-electron chi connectivity index (χ3n) is 5.47. The molecule has 5 rings (SSSR count). The number of carbonyl (C=O) groups excluding carboxylic acids is 1. The lowest BCUT2D eigenvalue weighted by Crippen LogP contribution is -2.23. The summed E-state index contributed by atoms with van der Waals surface area (Å²) in [6, 6.07) is 14.8. The molecule has 0 bridgehead atoms. The molecule has 1 fully saturated rings. The quantitative estimate of drug-likeness (QED) is 0.520. The molecule has 156 valence electrons. The van der Waals surface area contributed by atoms with Crippen LogP contribution in [0, 0.1) is 0 Å². The van der Waals surface area contributed by atoms with Crippen LogP contribution < -0.4 is 15.8 Å². The molecule has 31 heavy (non-hydrogen) atoms. The van der Waals surface area contributed by atoms with Crippen molar-refractivity contribution in [3.05, 3.63) is 64.7 Å². The fourth-order valence-electron chi connectivity index (χ4n) is 3.90. The van der Waals surface area contributed by atoms with E-state index in [2.05, 4.69) is 25.2 Å². The van der Waals surface area contributed by atoms with Crippen molar-refractivity contribution < 1.29 is 4.79 Å². The van der Waals surface area contributed by atoms with Gasteiger partial charge in [-0.05, 0) is 37.1 Å². The average Bonchev–Trinajstić information content (AvgIpc) is 3.32. The van der Waals surface area contributed by atoms with E-state index in [1.165, 1.54) is 0 Å². The van der Waals surface area contributed by atoms with Crippen LogP contribution in [0.4, 0.5) is 11.6 Å². The van der Waals surface area contributed by atoms with Gasteiger partial charge in [0, 0.05) is 25.9 Å². The fraction of sp³-hybridized carbons (Fsp3) is 0.261. The number of carbonyl (C=O) groups is 1. The number of anilines is 2. The predicted molar refractivity (Wildman–Crippen MR) is 120 cm³/mol. The first-order valence-electron chi connectivity index (χ1n) is 10.5. The van der Waals surface area contributed by atoms with Crippen molar-refractivity contribution in [1.82, 2.24) is 19.9 Å². The molecule has 0 unspecified atom stereocenters. The number of fused-ring (bicyclic) bond motifs is 2. The standard InChI is InChI=1S/C23H22N6O2/c30-20(12-11-19-24-16-8-2-1-7-15(16)23(31)27-19)28-21-22(29-13-5-6-14-29)26-18-10-4-3-9-17(18)25-21/h1-4,7-10H,5-6,11-14H2,(H,24,27,31)(H,25,28,30). The number of aryl methyl sites for hydroxylation is 1. The molecular weight excluding hydrogens is 392 g/mol. The van der Waals surface area contributed by atoms with Crippen molar-refractivity contribution in [2.75, 3.05) is 23.3 Å². The van der Waals surface area contributed by atoms with Crippen LogP contribution in [0.1, 0.15) is 25.1 Å². The number of hydrogen-bond donors (Lipinski definition) is 2. The Morgan fingerprint density at radius 2 is 1.61 bits per heavy atom. The van der Waals surface area contributed by atoms with Crippen LogP contribution in [0.15, 0.2) is 53.3 Å². The number of rotatable bonds is 5. The predicted octanol–water partition coefficient (Wildman–Crippen LogP) is 3.04. The molecule has 2 aromatic heterocycles. The summed E-state index contributed by atoms with van der Waals surface area (Å²) in [7, 11) is 0. The molecule has 0 aliphatic carbocycles. The third-order valence-corrected chi connectivity index (χ3v) is 5.47. The maximum Gasteiger partial charge on any atom is 0.258 e. The zero-order chi connectivity index (χ0) is 21.2. The summed E-state index contributed by atoms with van der Waals surface area (Å²) in [5, 5.41) is 3.47. The molecule has 1 aliphatic heterocycles. The van der Waals surface area contributed by atoms with E-state index in [0.29, 0.717) is 34.8 Å². The molecule has 0 saturated carbocycles. The molecular formula is C23H22N6O2. The molecule has 1 amide bonds. The van der Waals surface area contributed by atoms with E-state index >= 15 is 0 Å². The van der Waals surface area contributed by atoms with Crippen LogP contribution in [-0.4, -0.2) is 38.9 Å². The normalized spacial score (nSPS) is 13.7. The Hall–Kier alpha value is -3.81. The topological polar surface area (TPSA) is 104 Å². The van der Waals surface area contributed by atoms with Crippen LogP contribution in [0.3, 0.4) is 0 Å². The first-order valence-corrected chi connectivity index (χ1v) is 10.5. The summed E-state index contributed by atoms with van der Waals surface area (Å²) in [6.45, 7) is 1.80.